The van der Waals surface area contributed by atoms with Gasteiger partial charge in [-0.2, -0.15) is 0 Å². The zero-order valence-corrected chi connectivity index (χ0v) is 13.3. The average Bonchev–Trinajstić information content (AvgIpc) is 3.01. The third-order valence-corrected chi connectivity index (χ3v) is 4.55. The van der Waals surface area contributed by atoms with E-state index in [1.54, 1.807) is 7.11 Å². The number of amides is 2. The molecule has 1 N–H and O–H groups in total. The van der Waals surface area contributed by atoms with Crippen molar-refractivity contribution in [2.75, 3.05) is 26.8 Å². The molecule has 116 valence electrons. The van der Waals surface area contributed by atoms with E-state index in [-0.39, 0.29) is 23.8 Å². The Hall–Kier alpha value is -1.40. The van der Waals surface area contributed by atoms with Crippen LogP contribution < -0.4 is 5.32 Å². The van der Waals surface area contributed by atoms with E-state index in [1.165, 1.54) is 11.3 Å². The number of carbonyl (C=O) groups excluding carboxylic acids is 2. The van der Waals surface area contributed by atoms with E-state index in [2.05, 4.69) is 5.32 Å². The first-order valence-corrected chi connectivity index (χ1v) is 8.12. The third kappa shape index (κ3) is 4.28. The summed E-state index contributed by atoms with van der Waals surface area (Å²) in [7, 11) is 1.62. The first-order valence-electron chi connectivity index (χ1n) is 7.24. The number of thiophene rings is 1. The van der Waals surface area contributed by atoms with Crippen LogP contribution in [0.1, 0.15) is 29.4 Å². The molecular formula is C15H22N2O3S. The van der Waals surface area contributed by atoms with E-state index in [0.717, 1.165) is 17.7 Å². The molecule has 1 aromatic rings. The molecule has 0 aliphatic carbocycles. The van der Waals surface area contributed by atoms with E-state index in [0.29, 0.717) is 19.7 Å². The van der Waals surface area contributed by atoms with Crippen molar-refractivity contribution in [2.24, 2.45) is 5.92 Å². The highest BCUT2D eigenvalue weighted by Crippen LogP contribution is 2.21. The Bertz CT molecular complexity index is 467. The number of carbonyl (C=O) groups is 2. The van der Waals surface area contributed by atoms with Crippen molar-refractivity contribution in [1.82, 2.24) is 10.2 Å². The zero-order chi connectivity index (χ0) is 15.2. The summed E-state index contributed by atoms with van der Waals surface area (Å²) in [6.07, 6.45) is 1.45. The normalized spacial score (nSPS) is 17.5. The zero-order valence-electron chi connectivity index (χ0n) is 12.5. The van der Waals surface area contributed by atoms with Gasteiger partial charge in [0.2, 0.25) is 5.91 Å². The molecule has 2 amide bonds. The Labute approximate surface area is 129 Å². The van der Waals surface area contributed by atoms with Gasteiger partial charge in [0, 0.05) is 32.2 Å². The molecular weight excluding hydrogens is 288 g/mol. The highest BCUT2D eigenvalue weighted by Gasteiger charge is 2.28. The van der Waals surface area contributed by atoms with Crippen LogP contribution in [-0.4, -0.2) is 49.6 Å². The van der Waals surface area contributed by atoms with Gasteiger partial charge in [-0.15, -0.1) is 11.3 Å². The molecule has 1 aromatic heterocycles. The van der Waals surface area contributed by atoms with E-state index in [9.17, 15) is 9.59 Å². The maximum Gasteiger partial charge on any atom is 0.263 e. The van der Waals surface area contributed by atoms with Crippen molar-refractivity contribution < 1.29 is 14.3 Å². The number of piperidine rings is 1. The lowest BCUT2D eigenvalue weighted by Gasteiger charge is -2.31. The van der Waals surface area contributed by atoms with Crippen LogP contribution in [0, 0.1) is 5.92 Å². The van der Waals surface area contributed by atoms with Crippen molar-refractivity contribution in [1.29, 1.82) is 0 Å². The van der Waals surface area contributed by atoms with Crippen molar-refractivity contribution in [3.63, 3.8) is 0 Å². The maximum atomic E-state index is 12.2. The van der Waals surface area contributed by atoms with Gasteiger partial charge in [-0.3, -0.25) is 9.59 Å². The number of nitrogens with one attached hydrogen (secondary N) is 1. The van der Waals surface area contributed by atoms with Gasteiger partial charge in [0.15, 0.2) is 0 Å². The number of likely N-dealkylation sites (tertiary alicyclic amines) is 1. The lowest BCUT2D eigenvalue weighted by molar-refractivity contribution is -0.127. The van der Waals surface area contributed by atoms with Crippen LogP contribution in [0.25, 0.3) is 0 Å². The molecule has 1 saturated heterocycles. The van der Waals surface area contributed by atoms with Crippen LogP contribution in [0.3, 0.4) is 0 Å². The number of ether oxygens (including phenoxy) is 1. The van der Waals surface area contributed by atoms with Gasteiger partial charge in [-0.1, -0.05) is 6.07 Å². The average molecular weight is 310 g/mol. The molecule has 1 aliphatic heterocycles. The SMILES string of the molecule is COCC(C)NC(=O)C1CCN(C(=O)c2cccs2)CC1. The number of rotatable bonds is 5. The van der Waals surface area contributed by atoms with Crippen LogP contribution in [-0.2, 0) is 9.53 Å². The highest BCUT2D eigenvalue weighted by molar-refractivity contribution is 7.12. The fourth-order valence-electron chi connectivity index (χ4n) is 2.55. The van der Waals surface area contributed by atoms with Gasteiger partial charge in [0.1, 0.15) is 0 Å². The fraction of sp³-hybridized carbons (Fsp3) is 0.600. The maximum absolute atomic E-state index is 12.2. The van der Waals surface area contributed by atoms with Crippen LogP contribution in [0.4, 0.5) is 0 Å². The molecule has 0 spiro atoms. The van der Waals surface area contributed by atoms with Crippen molar-refractivity contribution >= 4 is 23.2 Å². The van der Waals surface area contributed by atoms with Gasteiger partial charge in [0.05, 0.1) is 11.5 Å². The highest BCUT2D eigenvalue weighted by atomic mass is 32.1. The van der Waals surface area contributed by atoms with E-state index in [1.807, 2.05) is 29.3 Å². The molecule has 2 rings (SSSR count). The second kappa shape index (κ2) is 7.56. The van der Waals surface area contributed by atoms with Gasteiger partial charge < -0.3 is 15.0 Å². The van der Waals surface area contributed by atoms with Gasteiger partial charge in [-0.05, 0) is 31.2 Å². The first kappa shape index (κ1) is 16.0. The molecule has 1 fully saturated rings. The van der Waals surface area contributed by atoms with Crippen LogP contribution in [0.5, 0.6) is 0 Å². The van der Waals surface area contributed by atoms with Crippen molar-refractivity contribution in [3.8, 4) is 0 Å². The summed E-state index contributed by atoms with van der Waals surface area (Å²) in [6.45, 7) is 3.74. The fourth-order valence-corrected chi connectivity index (χ4v) is 3.24. The summed E-state index contributed by atoms with van der Waals surface area (Å²) in [5.41, 5.74) is 0. The number of methoxy groups -OCH3 is 1. The minimum Gasteiger partial charge on any atom is -0.383 e. The minimum atomic E-state index is -0.00306. The summed E-state index contributed by atoms with van der Waals surface area (Å²) in [6, 6.07) is 3.75. The van der Waals surface area contributed by atoms with Crippen molar-refractivity contribution in [3.05, 3.63) is 22.4 Å². The van der Waals surface area contributed by atoms with Crippen LogP contribution in [0.2, 0.25) is 0 Å². The first-order chi connectivity index (χ1) is 10.1. The lowest BCUT2D eigenvalue weighted by Crippen LogP contribution is -2.45. The smallest absolute Gasteiger partial charge is 0.263 e. The second-order valence-electron chi connectivity index (χ2n) is 5.41. The van der Waals surface area contributed by atoms with E-state index < -0.39 is 0 Å². The Morgan fingerprint density at radius 1 is 1.48 bits per heavy atom. The van der Waals surface area contributed by atoms with Crippen molar-refractivity contribution in [2.45, 2.75) is 25.8 Å². The molecule has 0 radical (unpaired) electrons. The van der Waals surface area contributed by atoms with Gasteiger partial charge >= 0.3 is 0 Å². The molecule has 0 aromatic carbocycles. The standard InChI is InChI=1S/C15H22N2O3S/c1-11(10-20-2)16-14(18)12-5-7-17(8-6-12)15(19)13-4-3-9-21-13/h3-4,9,11-12H,5-8,10H2,1-2H3,(H,16,18). The molecule has 1 atom stereocenters. The molecule has 1 unspecified atom stereocenters. The molecule has 21 heavy (non-hydrogen) atoms. The number of nitrogens with zero attached hydrogens (tertiary/aromatic N) is 1. The Balaban J connectivity index is 1.80. The lowest BCUT2D eigenvalue weighted by atomic mass is 9.95. The Kier molecular flexibility index (Phi) is 5.76. The predicted octanol–water partition coefficient (Wildman–Crippen LogP) is 1.75. The summed E-state index contributed by atoms with van der Waals surface area (Å²) in [5, 5.41) is 4.86. The summed E-state index contributed by atoms with van der Waals surface area (Å²) >= 11 is 1.46. The molecule has 5 nitrogen and oxygen atoms in total. The topological polar surface area (TPSA) is 58.6 Å². The Morgan fingerprint density at radius 2 is 2.19 bits per heavy atom. The van der Waals surface area contributed by atoms with Gasteiger partial charge in [0.25, 0.3) is 5.91 Å². The molecule has 0 bridgehead atoms. The summed E-state index contributed by atoms with van der Waals surface area (Å²) in [4.78, 5) is 27.0. The predicted molar refractivity (Wildman–Crippen MR) is 82.4 cm³/mol. The molecule has 1 aliphatic rings. The van der Waals surface area contributed by atoms with Crippen LogP contribution in [0.15, 0.2) is 17.5 Å². The molecule has 6 heteroatoms. The minimum absolute atomic E-state index is 0.00306. The quantitative estimate of drug-likeness (QED) is 0.901. The third-order valence-electron chi connectivity index (χ3n) is 3.69. The summed E-state index contributed by atoms with van der Waals surface area (Å²) in [5.74, 6) is 0.149. The van der Waals surface area contributed by atoms with Crippen LogP contribution >= 0.6 is 11.3 Å². The summed E-state index contributed by atoms with van der Waals surface area (Å²) < 4.78 is 5.02. The Morgan fingerprint density at radius 3 is 2.76 bits per heavy atom. The van der Waals surface area contributed by atoms with Gasteiger partial charge in [-0.25, -0.2) is 0 Å². The molecule has 0 saturated carbocycles. The molecule has 2 heterocycles. The second-order valence-corrected chi connectivity index (χ2v) is 6.36. The van der Waals surface area contributed by atoms with E-state index >= 15 is 0 Å². The number of hydrogen-bond donors (Lipinski definition) is 1. The monoisotopic (exact) mass is 310 g/mol. The number of hydrogen-bond acceptors (Lipinski definition) is 4. The van der Waals surface area contributed by atoms with E-state index in [4.69, 9.17) is 4.74 Å². The largest absolute Gasteiger partial charge is 0.383 e.